The summed E-state index contributed by atoms with van der Waals surface area (Å²) >= 11 is 0. The van der Waals surface area contributed by atoms with Crippen molar-refractivity contribution in [3.8, 4) is 0 Å². The van der Waals surface area contributed by atoms with Gasteiger partial charge in [-0.1, -0.05) is 18.2 Å². The molecule has 96 valence electrons. The minimum Gasteiger partial charge on any atom is -0.373 e. The Morgan fingerprint density at radius 3 is 2.84 bits per heavy atom. The van der Waals surface area contributed by atoms with Gasteiger partial charge in [-0.25, -0.2) is 5.10 Å². The average molecular weight is 256 g/mol. The first-order chi connectivity index (χ1) is 9.22. The summed E-state index contributed by atoms with van der Waals surface area (Å²) in [5.41, 5.74) is 1.80. The molecule has 0 bridgehead atoms. The van der Waals surface area contributed by atoms with Gasteiger partial charge < -0.3 is 10.6 Å². The molecule has 1 aromatic carbocycles. The van der Waals surface area contributed by atoms with E-state index in [-0.39, 0.29) is 17.5 Å². The molecule has 2 aromatic rings. The van der Waals surface area contributed by atoms with Gasteiger partial charge in [0.2, 0.25) is 5.91 Å². The highest BCUT2D eigenvalue weighted by molar-refractivity contribution is 5.97. The molecule has 19 heavy (non-hydrogen) atoms. The van der Waals surface area contributed by atoms with Crippen LogP contribution in [0.25, 0.3) is 0 Å². The fraction of sp³-hybridized carbons (Fsp3) is 0.154. The second-order valence-corrected chi connectivity index (χ2v) is 4.35. The standard InChI is InChI=1S/C13H12N4O2/c18-12-6-5-11(16-17-12)15-13(19)10-7-8-3-1-2-4-9(8)14-10/h1-6,10,14H,7H2,(H,17,18)(H,15,16,19). The third-order valence-corrected chi connectivity index (χ3v) is 3.02. The monoisotopic (exact) mass is 256 g/mol. The van der Waals surface area contributed by atoms with Gasteiger partial charge in [0, 0.05) is 18.2 Å². The lowest BCUT2D eigenvalue weighted by molar-refractivity contribution is -0.116. The summed E-state index contributed by atoms with van der Waals surface area (Å²) in [4.78, 5) is 22.9. The molecule has 1 atom stereocenters. The van der Waals surface area contributed by atoms with Gasteiger partial charge in [0.1, 0.15) is 6.04 Å². The smallest absolute Gasteiger partial charge is 0.264 e. The van der Waals surface area contributed by atoms with Crippen LogP contribution in [-0.4, -0.2) is 22.1 Å². The molecular weight excluding hydrogens is 244 g/mol. The zero-order valence-electron chi connectivity index (χ0n) is 10.0. The Labute approximate surface area is 108 Å². The molecule has 0 fully saturated rings. The molecule has 1 aromatic heterocycles. The third kappa shape index (κ3) is 2.33. The summed E-state index contributed by atoms with van der Waals surface area (Å²) in [5, 5.41) is 11.8. The minimum absolute atomic E-state index is 0.171. The number of nitrogens with zero attached hydrogens (tertiary/aromatic N) is 1. The number of aromatic amines is 1. The fourth-order valence-corrected chi connectivity index (χ4v) is 2.08. The lowest BCUT2D eigenvalue weighted by Crippen LogP contribution is -2.33. The van der Waals surface area contributed by atoms with Crippen LogP contribution in [0.2, 0.25) is 0 Å². The van der Waals surface area contributed by atoms with Crippen LogP contribution in [0.5, 0.6) is 0 Å². The second-order valence-electron chi connectivity index (χ2n) is 4.35. The molecular formula is C13H12N4O2. The number of hydrogen-bond acceptors (Lipinski definition) is 4. The van der Waals surface area contributed by atoms with E-state index in [1.54, 1.807) is 0 Å². The number of carbonyl (C=O) groups is 1. The first kappa shape index (κ1) is 11.5. The predicted molar refractivity (Wildman–Crippen MR) is 71.0 cm³/mol. The maximum absolute atomic E-state index is 12.1. The van der Waals surface area contributed by atoms with Crippen molar-refractivity contribution in [2.45, 2.75) is 12.5 Å². The zero-order valence-corrected chi connectivity index (χ0v) is 10.0. The van der Waals surface area contributed by atoms with Gasteiger partial charge in [0.05, 0.1) is 0 Å². The van der Waals surface area contributed by atoms with Crippen LogP contribution >= 0.6 is 0 Å². The number of anilines is 2. The summed E-state index contributed by atoms with van der Waals surface area (Å²) in [6.07, 6.45) is 0.644. The molecule has 1 aliphatic rings. The topological polar surface area (TPSA) is 86.9 Å². The summed E-state index contributed by atoms with van der Waals surface area (Å²) in [7, 11) is 0. The van der Waals surface area contributed by atoms with Crippen molar-refractivity contribution in [2.24, 2.45) is 0 Å². The van der Waals surface area contributed by atoms with E-state index in [2.05, 4.69) is 20.8 Å². The molecule has 1 amide bonds. The average Bonchev–Trinajstić information content (AvgIpc) is 2.85. The Morgan fingerprint density at radius 2 is 2.11 bits per heavy atom. The van der Waals surface area contributed by atoms with E-state index < -0.39 is 0 Å². The highest BCUT2D eigenvalue weighted by atomic mass is 16.2. The number of benzene rings is 1. The lowest BCUT2D eigenvalue weighted by atomic mass is 10.1. The van der Waals surface area contributed by atoms with E-state index in [4.69, 9.17) is 0 Å². The Balaban J connectivity index is 1.70. The van der Waals surface area contributed by atoms with E-state index in [9.17, 15) is 9.59 Å². The number of amides is 1. The number of carbonyl (C=O) groups excluding carboxylic acids is 1. The van der Waals surface area contributed by atoms with Gasteiger partial charge in [0.25, 0.3) is 5.56 Å². The molecule has 6 nitrogen and oxygen atoms in total. The molecule has 3 N–H and O–H groups in total. The molecule has 0 saturated carbocycles. The second kappa shape index (κ2) is 4.56. The van der Waals surface area contributed by atoms with Crippen molar-refractivity contribution in [1.82, 2.24) is 10.2 Å². The molecule has 0 spiro atoms. The quantitative estimate of drug-likeness (QED) is 0.739. The Hall–Kier alpha value is -2.63. The number of nitrogens with one attached hydrogen (secondary N) is 3. The zero-order chi connectivity index (χ0) is 13.2. The minimum atomic E-state index is -0.314. The van der Waals surface area contributed by atoms with Gasteiger partial charge in [-0.2, -0.15) is 5.10 Å². The van der Waals surface area contributed by atoms with Crippen molar-refractivity contribution < 1.29 is 4.79 Å². The normalized spacial score (nSPS) is 16.5. The number of H-pyrrole nitrogens is 1. The lowest BCUT2D eigenvalue weighted by Gasteiger charge is -2.10. The van der Waals surface area contributed by atoms with Gasteiger partial charge in [-0.15, -0.1) is 0 Å². The number of aromatic nitrogens is 2. The van der Waals surface area contributed by atoms with Crippen LogP contribution in [0.15, 0.2) is 41.2 Å². The van der Waals surface area contributed by atoms with Crippen molar-refractivity contribution >= 4 is 17.4 Å². The third-order valence-electron chi connectivity index (χ3n) is 3.02. The highest BCUT2D eigenvalue weighted by Crippen LogP contribution is 2.25. The van der Waals surface area contributed by atoms with Crippen molar-refractivity contribution in [3.63, 3.8) is 0 Å². The molecule has 0 radical (unpaired) electrons. The molecule has 1 unspecified atom stereocenters. The maximum atomic E-state index is 12.1. The fourth-order valence-electron chi connectivity index (χ4n) is 2.08. The van der Waals surface area contributed by atoms with Crippen LogP contribution in [0.1, 0.15) is 5.56 Å². The van der Waals surface area contributed by atoms with E-state index in [0.29, 0.717) is 12.2 Å². The number of para-hydroxylation sites is 1. The van der Waals surface area contributed by atoms with E-state index in [1.807, 2.05) is 24.3 Å². The Morgan fingerprint density at radius 1 is 1.26 bits per heavy atom. The van der Waals surface area contributed by atoms with Crippen molar-refractivity contribution in [3.05, 3.63) is 52.3 Å². The molecule has 6 heteroatoms. The molecule has 0 saturated heterocycles. The van der Waals surface area contributed by atoms with Crippen LogP contribution < -0.4 is 16.2 Å². The SMILES string of the molecule is O=C(Nc1ccc(=O)[nH]n1)C1Cc2ccccc2N1. The van der Waals surface area contributed by atoms with Crippen LogP contribution in [0.3, 0.4) is 0 Å². The maximum Gasteiger partial charge on any atom is 0.264 e. The van der Waals surface area contributed by atoms with E-state index in [1.165, 1.54) is 12.1 Å². The summed E-state index contributed by atoms with van der Waals surface area (Å²) in [5.74, 6) is 0.165. The molecule has 0 aliphatic carbocycles. The first-order valence-electron chi connectivity index (χ1n) is 5.93. The van der Waals surface area contributed by atoms with E-state index in [0.717, 1.165) is 11.3 Å². The van der Waals surface area contributed by atoms with Crippen molar-refractivity contribution in [2.75, 3.05) is 10.6 Å². The van der Waals surface area contributed by atoms with Gasteiger partial charge in [0.15, 0.2) is 5.82 Å². The number of fused-ring (bicyclic) bond motifs is 1. The van der Waals surface area contributed by atoms with Crippen LogP contribution in [0, 0.1) is 0 Å². The van der Waals surface area contributed by atoms with Crippen LogP contribution in [-0.2, 0) is 11.2 Å². The van der Waals surface area contributed by atoms with Crippen molar-refractivity contribution in [1.29, 1.82) is 0 Å². The number of rotatable bonds is 2. The predicted octanol–water partition coefficient (Wildman–Crippen LogP) is 0.745. The number of hydrogen-bond donors (Lipinski definition) is 3. The molecule has 2 heterocycles. The van der Waals surface area contributed by atoms with Gasteiger partial charge in [-0.05, 0) is 17.7 Å². The molecule has 1 aliphatic heterocycles. The van der Waals surface area contributed by atoms with Crippen LogP contribution in [0.4, 0.5) is 11.5 Å². The summed E-state index contributed by atoms with van der Waals surface area (Å²) in [6.45, 7) is 0. The Kier molecular flexibility index (Phi) is 2.75. The molecule has 3 rings (SSSR count). The first-order valence-corrected chi connectivity index (χ1v) is 5.93. The Bertz CT molecular complexity index is 635. The van der Waals surface area contributed by atoms with Gasteiger partial charge >= 0.3 is 0 Å². The van der Waals surface area contributed by atoms with Gasteiger partial charge in [-0.3, -0.25) is 9.59 Å². The summed E-state index contributed by atoms with van der Waals surface area (Å²) in [6, 6.07) is 10.3. The van der Waals surface area contributed by atoms with E-state index >= 15 is 0 Å². The largest absolute Gasteiger partial charge is 0.373 e. The highest BCUT2D eigenvalue weighted by Gasteiger charge is 2.26. The summed E-state index contributed by atoms with van der Waals surface area (Å²) < 4.78 is 0.